The molecule has 0 saturated carbocycles. The van der Waals surface area contributed by atoms with Gasteiger partial charge in [0.2, 0.25) is 0 Å². The van der Waals surface area contributed by atoms with E-state index in [1.807, 2.05) is 37.5 Å². The van der Waals surface area contributed by atoms with Gasteiger partial charge in [-0.25, -0.2) is 0 Å². The quantitative estimate of drug-likeness (QED) is 0.437. The number of benzene rings is 2. The predicted octanol–water partition coefficient (Wildman–Crippen LogP) is 4.71. The summed E-state index contributed by atoms with van der Waals surface area (Å²) < 4.78 is 7.32. The second kappa shape index (κ2) is 9.17. The summed E-state index contributed by atoms with van der Waals surface area (Å²) in [5, 5.41) is 25.3. The molecule has 2 fully saturated rings. The lowest BCUT2D eigenvalue weighted by Crippen LogP contribution is -2.52. The molecule has 6 rings (SSSR count). The second-order valence-corrected chi connectivity index (χ2v) is 10.7. The number of aryl methyl sites for hydroxylation is 1. The number of hydrogen-bond acceptors (Lipinski definition) is 7. The Bertz CT molecular complexity index is 1360. The van der Waals surface area contributed by atoms with E-state index in [4.69, 9.17) is 4.74 Å². The number of hydrogen-bond donors (Lipinski definition) is 1. The summed E-state index contributed by atoms with van der Waals surface area (Å²) in [5.41, 5.74) is 5.07. The number of thioether (sulfide) groups is 1. The van der Waals surface area contributed by atoms with Gasteiger partial charge in [-0.2, -0.15) is 27.1 Å². The van der Waals surface area contributed by atoms with Gasteiger partial charge in [0.25, 0.3) is 0 Å². The van der Waals surface area contributed by atoms with Gasteiger partial charge in [-0.05, 0) is 66.1 Å². The van der Waals surface area contributed by atoms with Crippen molar-refractivity contribution in [1.82, 2.24) is 24.9 Å². The van der Waals surface area contributed by atoms with Crippen molar-refractivity contribution < 1.29 is 9.84 Å². The zero-order valence-electron chi connectivity index (χ0n) is 20.0. The molecule has 0 spiro atoms. The van der Waals surface area contributed by atoms with Crippen molar-refractivity contribution in [1.29, 1.82) is 0 Å². The molecular formula is C27H29N5O2S. The van der Waals surface area contributed by atoms with Gasteiger partial charge in [-0.15, -0.1) is 0 Å². The third kappa shape index (κ3) is 4.25. The maximum absolute atomic E-state index is 10.8. The summed E-state index contributed by atoms with van der Waals surface area (Å²) in [6.07, 6.45) is 4.61. The number of likely N-dealkylation sites (tertiary alicyclic amines) is 1. The lowest BCUT2D eigenvalue weighted by molar-refractivity contribution is 0.0940. The topological polar surface area (TPSA) is 76.3 Å². The van der Waals surface area contributed by atoms with E-state index in [9.17, 15) is 5.11 Å². The molecule has 0 amide bonds. The molecule has 180 valence electrons. The van der Waals surface area contributed by atoms with Crippen molar-refractivity contribution >= 4 is 22.7 Å². The van der Waals surface area contributed by atoms with Crippen LogP contribution in [0.4, 0.5) is 0 Å². The molecule has 0 aliphatic carbocycles. The number of phenols is 1. The largest absolute Gasteiger partial charge is 0.507 e. The van der Waals surface area contributed by atoms with Crippen LogP contribution < -0.4 is 4.74 Å². The van der Waals surface area contributed by atoms with Crippen LogP contribution in [0, 0.1) is 0 Å². The van der Waals surface area contributed by atoms with Crippen LogP contribution in [0.15, 0.2) is 48.7 Å². The minimum atomic E-state index is 0.180. The van der Waals surface area contributed by atoms with E-state index >= 15 is 0 Å². The summed E-state index contributed by atoms with van der Waals surface area (Å²) in [7, 11) is 3.54. The first kappa shape index (κ1) is 22.4. The molecule has 0 radical (unpaired) electrons. The summed E-state index contributed by atoms with van der Waals surface area (Å²) >= 11 is 2.08. The molecule has 1 unspecified atom stereocenters. The number of phenolic OH excluding ortho intramolecular Hbond substituents is 1. The van der Waals surface area contributed by atoms with Crippen LogP contribution in [-0.4, -0.2) is 67.7 Å². The first-order valence-corrected chi connectivity index (χ1v) is 13.2. The van der Waals surface area contributed by atoms with Crippen molar-refractivity contribution in [3.8, 4) is 33.9 Å². The van der Waals surface area contributed by atoms with E-state index in [1.165, 1.54) is 24.3 Å². The second-order valence-electron chi connectivity index (χ2n) is 9.52. The highest BCUT2D eigenvalue weighted by Crippen LogP contribution is 2.37. The van der Waals surface area contributed by atoms with Crippen LogP contribution in [0.25, 0.3) is 33.3 Å². The summed E-state index contributed by atoms with van der Waals surface area (Å²) in [5.74, 6) is 3.91. The van der Waals surface area contributed by atoms with E-state index in [1.54, 1.807) is 17.9 Å². The smallest absolute Gasteiger partial charge is 0.147 e. The van der Waals surface area contributed by atoms with Crippen LogP contribution >= 0.6 is 11.8 Å². The number of rotatable bonds is 5. The average Bonchev–Trinajstić information content (AvgIpc) is 3.24. The predicted molar refractivity (Wildman–Crippen MR) is 140 cm³/mol. The van der Waals surface area contributed by atoms with Crippen LogP contribution in [0.5, 0.6) is 11.5 Å². The molecule has 4 aromatic rings. The van der Waals surface area contributed by atoms with Crippen LogP contribution in [-0.2, 0) is 7.05 Å². The SMILES string of the molecule is COc1cc(-c2ccc(-c3ccc(C4CN(C5CCCSC5)C4)nn3)c(O)c2)cc2cn(C)nc12. The molecular weight excluding hydrogens is 458 g/mol. The molecule has 8 heteroatoms. The van der Waals surface area contributed by atoms with Crippen molar-refractivity contribution in [2.24, 2.45) is 7.05 Å². The van der Waals surface area contributed by atoms with Crippen molar-refractivity contribution in [3.05, 3.63) is 54.4 Å². The first-order valence-electron chi connectivity index (χ1n) is 12.1. The molecule has 1 N–H and O–H groups in total. The maximum atomic E-state index is 10.8. The highest BCUT2D eigenvalue weighted by Gasteiger charge is 2.34. The Balaban J connectivity index is 1.19. The Labute approximate surface area is 209 Å². The lowest BCUT2D eigenvalue weighted by Gasteiger charge is -2.45. The molecule has 2 aliphatic heterocycles. The van der Waals surface area contributed by atoms with E-state index in [2.05, 4.69) is 44.1 Å². The van der Waals surface area contributed by atoms with E-state index in [-0.39, 0.29) is 5.75 Å². The Hall–Kier alpha value is -3.10. The van der Waals surface area contributed by atoms with Crippen LogP contribution in [0.1, 0.15) is 24.5 Å². The summed E-state index contributed by atoms with van der Waals surface area (Å²) in [6, 6.07) is 14.4. The fraction of sp³-hybridized carbons (Fsp3) is 0.370. The molecule has 1 atom stereocenters. The van der Waals surface area contributed by atoms with Crippen molar-refractivity contribution in [2.45, 2.75) is 24.8 Å². The average molecular weight is 488 g/mol. The highest BCUT2D eigenvalue weighted by atomic mass is 32.2. The lowest BCUT2D eigenvalue weighted by atomic mass is 9.93. The number of aromatic hydroxyl groups is 1. The molecule has 35 heavy (non-hydrogen) atoms. The van der Waals surface area contributed by atoms with Gasteiger partial charge >= 0.3 is 0 Å². The van der Waals surface area contributed by atoms with Gasteiger partial charge < -0.3 is 9.84 Å². The van der Waals surface area contributed by atoms with Crippen LogP contribution in [0.2, 0.25) is 0 Å². The first-order chi connectivity index (χ1) is 17.1. The zero-order valence-corrected chi connectivity index (χ0v) is 20.8. The molecule has 7 nitrogen and oxygen atoms in total. The van der Waals surface area contributed by atoms with Gasteiger partial charge in [-0.3, -0.25) is 9.58 Å². The van der Waals surface area contributed by atoms with Gasteiger partial charge in [0.05, 0.1) is 18.5 Å². The molecule has 2 aromatic heterocycles. The van der Waals surface area contributed by atoms with Crippen molar-refractivity contribution in [2.75, 3.05) is 31.7 Å². The molecule has 4 heterocycles. The third-order valence-corrected chi connectivity index (χ3v) is 8.38. The normalized spacial score (nSPS) is 19.1. The van der Waals surface area contributed by atoms with Gasteiger partial charge in [0, 0.05) is 55.0 Å². The fourth-order valence-electron chi connectivity index (χ4n) is 5.19. The Morgan fingerprint density at radius 3 is 2.66 bits per heavy atom. The van der Waals surface area contributed by atoms with E-state index in [0.29, 0.717) is 22.9 Å². The summed E-state index contributed by atoms with van der Waals surface area (Å²) in [6.45, 7) is 2.15. The summed E-state index contributed by atoms with van der Waals surface area (Å²) in [4.78, 5) is 2.59. The molecule has 2 aliphatic rings. The highest BCUT2D eigenvalue weighted by molar-refractivity contribution is 7.99. The molecule has 0 bridgehead atoms. The van der Waals surface area contributed by atoms with Gasteiger partial charge in [0.1, 0.15) is 17.0 Å². The Morgan fingerprint density at radius 2 is 1.94 bits per heavy atom. The monoisotopic (exact) mass is 487 g/mol. The van der Waals surface area contributed by atoms with Crippen molar-refractivity contribution in [3.63, 3.8) is 0 Å². The minimum Gasteiger partial charge on any atom is -0.507 e. The van der Waals surface area contributed by atoms with E-state index in [0.717, 1.165) is 46.9 Å². The Morgan fingerprint density at radius 1 is 1.06 bits per heavy atom. The number of methoxy groups -OCH3 is 1. The number of ether oxygens (including phenoxy) is 1. The zero-order chi connectivity index (χ0) is 23.9. The number of nitrogens with zero attached hydrogens (tertiary/aromatic N) is 5. The van der Waals surface area contributed by atoms with Gasteiger partial charge in [0.15, 0.2) is 0 Å². The number of fused-ring (bicyclic) bond motifs is 1. The standard InChI is InChI=1S/C27H29N5O2S/c1-31-13-19-10-18(12-26(34-2)27(19)30-31)17-5-6-22(25(33)11-17)24-8-7-23(28-29-24)20-14-32(15-20)21-4-3-9-35-16-21/h5-8,10-13,20-21,33H,3-4,9,14-16H2,1-2H3. The fourth-order valence-corrected chi connectivity index (χ4v) is 6.37. The molecule has 2 saturated heterocycles. The van der Waals surface area contributed by atoms with Gasteiger partial charge in [-0.1, -0.05) is 6.07 Å². The maximum Gasteiger partial charge on any atom is 0.147 e. The van der Waals surface area contributed by atoms with E-state index < -0.39 is 0 Å². The third-order valence-electron chi connectivity index (χ3n) is 7.18. The molecule has 2 aromatic carbocycles. The van der Waals surface area contributed by atoms with Crippen LogP contribution in [0.3, 0.4) is 0 Å². The minimum absolute atomic E-state index is 0.180. The Kier molecular flexibility index (Phi) is 5.86. The number of aromatic nitrogens is 4.